The first-order valence-corrected chi connectivity index (χ1v) is 9.33. The molecule has 0 saturated carbocycles. The van der Waals surface area contributed by atoms with Crippen LogP contribution in [0.1, 0.15) is 13.8 Å². The van der Waals surface area contributed by atoms with Gasteiger partial charge in [0.1, 0.15) is 0 Å². The van der Waals surface area contributed by atoms with E-state index in [9.17, 15) is 3.25 Å². The summed E-state index contributed by atoms with van der Waals surface area (Å²) in [7, 11) is 5.42. The Morgan fingerprint density at radius 1 is 1.50 bits per heavy atom. The molecule has 0 fully saturated rings. The van der Waals surface area contributed by atoms with E-state index in [1.165, 1.54) is 0 Å². The van der Waals surface area contributed by atoms with Crippen LogP contribution >= 0.6 is 9.19 Å². The van der Waals surface area contributed by atoms with Gasteiger partial charge in [0.25, 0.3) is 0 Å². The van der Waals surface area contributed by atoms with Crippen molar-refractivity contribution in [2.45, 2.75) is 13.8 Å². The number of nitrogens with zero attached hydrogens (tertiary/aromatic N) is 1. The van der Waals surface area contributed by atoms with Crippen molar-refractivity contribution in [2.75, 3.05) is 13.1 Å². The van der Waals surface area contributed by atoms with Crippen molar-refractivity contribution in [1.29, 1.82) is 0 Å². The molecule has 0 aliphatic carbocycles. The van der Waals surface area contributed by atoms with E-state index in [1.54, 1.807) is 0 Å². The summed E-state index contributed by atoms with van der Waals surface area (Å²) in [6.45, 7) is 5.57. The molecule has 0 bridgehead atoms. The fourth-order valence-corrected chi connectivity index (χ4v) is 3.79. The minimum atomic E-state index is -2.77. The van der Waals surface area contributed by atoms with Crippen molar-refractivity contribution < 1.29 is 20.8 Å². The van der Waals surface area contributed by atoms with Gasteiger partial charge >= 0.3 is 60.3 Å². The molecule has 0 aromatic heterocycles. The van der Waals surface area contributed by atoms with Crippen molar-refractivity contribution in [3.05, 3.63) is 0 Å². The Bertz CT molecular complexity index is 84.1. The fourth-order valence-electron chi connectivity index (χ4n) is 0.446. The molecule has 4 heteroatoms. The minimum absolute atomic E-state index is 0.821. The predicted molar refractivity (Wildman–Crippen MR) is 29.5 cm³/mol. The van der Waals surface area contributed by atoms with Crippen molar-refractivity contribution in [3.63, 3.8) is 0 Å². The van der Waals surface area contributed by atoms with E-state index in [4.69, 9.17) is 9.19 Å². The Morgan fingerprint density at radius 3 is 1.88 bits per heavy atom. The molecule has 0 N–H and O–H groups in total. The molecule has 0 aliphatic rings. The van der Waals surface area contributed by atoms with Gasteiger partial charge in [-0.3, -0.25) is 0 Å². The average molecular weight is 305 g/mol. The molecule has 0 aromatic rings. The predicted octanol–water partition coefficient (Wildman–Crippen LogP) is 1.36. The second-order valence-corrected chi connectivity index (χ2v) is 7.39. The maximum absolute atomic E-state index is 10.6. The summed E-state index contributed by atoms with van der Waals surface area (Å²) in [5.41, 5.74) is 0. The second kappa shape index (κ2) is 4.65. The van der Waals surface area contributed by atoms with E-state index < -0.39 is 17.6 Å². The normalized spacial score (nSPS) is 10.0. The standard InChI is InChI=1S/C4H10N.ClH.O.Ta/c1-3-5-4-2;;;/h3-4H2,1-2H3;1H;;/q-1;;;+2/p-1. The van der Waals surface area contributed by atoms with E-state index >= 15 is 0 Å². The fraction of sp³-hybridized carbons (Fsp3) is 1.00. The number of hydrogen-bond donors (Lipinski definition) is 0. The van der Waals surface area contributed by atoms with Crippen molar-refractivity contribution in [2.24, 2.45) is 0 Å². The molecule has 0 heterocycles. The zero-order valence-electron chi connectivity index (χ0n) is 5.09. The van der Waals surface area contributed by atoms with Crippen LogP contribution in [0.3, 0.4) is 0 Å². The zero-order chi connectivity index (χ0) is 6.57. The Labute approximate surface area is 60.4 Å². The van der Waals surface area contributed by atoms with Gasteiger partial charge in [0.15, 0.2) is 0 Å². The van der Waals surface area contributed by atoms with Gasteiger partial charge in [-0.2, -0.15) is 0 Å². The molecule has 2 nitrogen and oxygen atoms in total. The third-order valence-corrected chi connectivity index (χ3v) is 6.33. The van der Waals surface area contributed by atoms with Gasteiger partial charge < -0.3 is 0 Å². The molecular formula is C4H10ClNOTa. The van der Waals surface area contributed by atoms with Crippen LogP contribution in [0.15, 0.2) is 0 Å². The number of rotatable bonds is 3. The molecule has 0 spiro atoms. The van der Waals surface area contributed by atoms with E-state index in [-0.39, 0.29) is 0 Å². The molecule has 0 amide bonds. The van der Waals surface area contributed by atoms with Gasteiger partial charge in [-0.15, -0.1) is 0 Å². The van der Waals surface area contributed by atoms with Gasteiger partial charge in [0.05, 0.1) is 0 Å². The van der Waals surface area contributed by atoms with E-state index in [1.807, 2.05) is 17.2 Å². The van der Waals surface area contributed by atoms with Crippen LogP contribution < -0.4 is 0 Å². The molecule has 0 saturated heterocycles. The Balaban J connectivity index is 3.52. The molecule has 0 radical (unpaired) electrons. The summed E-state index contributed by atoms with van der Waals surface area (Å²) in [5.74, 6) is 0. The number of hydrogen-bond acceptors (Lipinski definition) is 1. The first-order chi connectivity index (χ1) is 3.72. The van der Waals surface area contributed by atoms with Crippen LogP contribution in [0.4, 0.5) is 0 Å². The van der Waals surface area contributed by atoms with Crippen molar-refractivity contribution in [1.82, 2.24) is 3.30 Å². The molecule has 0 rings (SSSR count). The third kappa shape index (κ3) is 2.95. The maximum atomic E-state index is 10.6. The van der Waals surface area contributed by atoms with Crippen LogP contribution in [0, 0.1) is 0 Å². The Kier molecular flexibility index (Phi) is 5.11. The van der Waals surface area contributed by atoms with Crippen molar-refractivity contribution >= 4 is 9.19 Å². The summed E-state index contributed by atoms with van der Waals surface area (Å²) in [6, 6.07) is 0. The molecule has 0 atom stereocenters. The van der Waals surface area contributed by atoms with E-state index in [0.29, 0.717) is 0 Å². The molecule has 0 aliphatic heterocycles. The van der Waals surface area contributed by atoms with Gasteiger partial charge in [-0.1, -0.05) is 0 Å². The van der Waals surface area contributed by atoms with Gasteiger partial charge in [0, 0.05) is 0 Å². The summed E-state index contributed by atoms with van der Waals surface area (Å²) < 4.78 is 12.4. The van der Waals surface area contributed by atoms with Crippen molar-refractivity contribution in [3.8, 4) is 0 Å². The molecule has 0 unspecified atom stereocenters. The van der Waals surface area contributed by atoms with Crippen LogP contribution in [-0.4, -0.2) is 16.4 Å². The molecular weight excluding hydrogens is 294 g/mol. The van der Waals surface area contributed by atoms with Crippen LogP contribution in [0.25, 0.3) is 0 Å². The summed E-state index contributed by atoms with van der Waals surface area (Å²) in [6.07, 6.45) is 0. The van der Waals surface area contributed by atoms with Gasteiger partial charge in [-0.05, 0) is 0 Å². The summed E-state index contributed by atoms with van der Waals surface area (Å²) in [5, 5.41) is 0. The molecule has 8 heavy (non-hydrogen) atoms. The average Bonchev–Trinajstić information content (AvgIpc) is 1.69. The summed E-state index contributed by atoms with van der Waals surface area (Å²) >= 11 is -2.77. The summed E-state index contributed by atoms with van der Waals surface area (Å²) in [4.78, 5) is 0. The SMILES string of the molecule is CC[N](CC)[Ta](=[O])[Cl]. The quantitative estimate of drug-likeness (QED) is 0.785. The van der Waals surface area contributed by atoms with E-state index in [0.717, 1.165) is 13.1 Å². The third-order valence-electron chi connectivity index (χ3n) is 0.952. The van der Waals surface area contributed by atoms with E-state index in [2.05, 4.69) is 0 Å². The molecule has 49 valence electrons. The second-order valence-electron chi connectivity index (χ2n) is 1.37. The Morgan fingerprint density at radius 2 is 1.88 bits per heavy atom. The van der Waals surface area contributed by atoms with Crippen LogP contribution in [-0.2, 0) is 20.8 Å². The first-order valence-electron chi connectivity index (χ1n) is 2.60. The topological polar surface area (TPSA) is 20.3 Å². The first kappa shape index (κ1) is 8.79. The number of halogens is 1. The van der Waals surface area contributed by atoms with Gasteiger partial charge in [0.2, 0.25) is 0 Å². The zero-order valence-corrected chi connectivity index (χ0v) is 9.06. The van der Waals surface area contributed by atoms with Crippen LogP contribution in [0.5, 0.6) is 0 Å². The van der Waals surface area contributed by atoms with Crippen LogP contribution in [0.2, 0.25) is 0 Å². The molecule has 0 aromatic carbocycles. The Hall–Kier alpha value is 0.790. The monoisotopic (exact) mass is 304 g/mol. The van der Waals surface area contributed by atoms with Gasteiger partial charge in [-0.25, -0.2) is 0 Å².